The molecule has 0 bridgehead atoms. The van der Waals surface area contributed by atoms with Gasteiger partial charge in [-0.05, 0) is 49.4 Å². The lowest BCUT2D eigenvalue weighted by atomic mass is 10.0. The monoisotopic (exact) mass is 398 g/mol. The Hall–Kier alpha value is -2.24. The number of aryl methyl sites for hydroxylation is 2. The maximum Gasteiger partial charge on any atom is 0.220 e. The number of rotatable bonds is 9. The van der Waals surface area contributed by atoms with E-state index in [2.05, 4.69) is 41.4 Å². The third-order valence-electron chi connectivity index (χ3n) is 5.44. The number of carbonyl (C=O) groups excluding carboxylic acids is 1. The summed E-state index contributed by atoms with van der Waals surface area (Å²) in [6, 6.07) is 15.3. The molecule has 5 heteroatoms. The lowest BCUT2D eigenvalue weighted by molar-refractivity contribution is -0.121. The maximum absolute atomic E-state index is 12.9. The molecule has 1 aliphatic rings. The number of amides is 1. The first-order valence-electron chi connectivity index (χ1n) is 10.5. The fourth-order valence-corrected chi connectivity index (χ4v) is 3.79. The van der Waals surface area contributed by atoms with Crippen molar-refractivity contribution in [1.82, 2.24) is 10.2 Å². The van der Waals surface area contributed by atoms with Gasteiger partial charge in [-0.15, -0.1) is 0 Å². The normalized spacial score (nSPS) is 15.8. The molecule has 2 aromatic carbocycles. The second-order valence-electron chi connectivity index (χ2n) is 7.72. The molecule has 0 aromatic heterocycles. The summed E-state index contributed by atoms with van der Waals surface area (Å²) in [6.45, 7) is 5.94. The Kier molecular flexibility index (Phi) is 8.20. The third kappa shape index (κ3) is 6.94. The van der Waals surface area contributed by atoms with E-state index in [1.54, 1.807) is 0 Å². The minimum Gasteiger partial charge on any atom is -0.379 e. The van der Waals surface area contributed by atoms with Gasteiger partial charge in [0.1, 0.15) is 5.82 Å². The molecule has 2 aromatic rings. The first kappa shape index (κ1) is 21.5. The van der Waals surface area contributed by atoms with E-state index >= 15 is 0 Å². The Balaban J connectivity index is 1.46. The van der Waals surface area contributed by atoms with E-state index in [9.17, 15) is 9.18 Å². The van der Waals surface area contributed by atoms with Crippen LogP contribution < -0.4 is 5.32 Å². The van der Waals surface area contributed by atoms with Crippen LogP contribution in [0, 0.1) is 12.7 Å². The van der Waals surface area contributed by atoms with Crippen molar-refractivity contribution >= 4 is 5.91 Å². The molecule has 3 rings (SSSR count). The fraction of sp³-hybridized carbons (Fsp3) is 0.458. The number of hydrogen-bond donors (Lipinski definition) is 1. The standard InChI is InChI=1S/C24H31FN2O2/c1-19-5-4-7-21(17-19)23(27-13-15-29-16-14-27)18-26-24(28)8-3-2-6-20-9-11-22(25)12-10-20/h4-5,7,9-12,17,23H,2-3,6,8,13-16,18H2,1H3,(H,26,28). The van der Waals surface area contributed by atoms with E-state index in [1.807, 2.05) is 12.1 Å². The topological polar surface area (TPSA) is 41.6 Å². The highest BCUT2D eigenvalue weighted by molar-refractivity contribution is 5.75. The number of unbranched alkanes of at least 4 members (excludes halogenated alkanes) is 1. The molecular formula is C24H31FN2O2. The second-order valence-corrected chi connectivity index (χ2v) is 7.72. The van der Waals surface area contributed by atoms with Crippen molar-refractivity contribution in [1.29, 1.82) is 0 Å². The number of morpholine rings is 1. The average molecular weight is 399 g/mol. The molecule has 4 nitrogen and oxygen atoms in total. The van der Waals surface area contributed by atoms with E-state index in [1.165, 1.54) is 23.3 Å². The molecule has 1 saturated heterocycles. The summed E-state index contributed by atoms with van der Waals surface area (Å²) in [6.07, 6.45) is 3.14. The van der Waals surface area contributed by atoms with Crippen molar-refractivity contribution in [2.75, 3.05) is 32.8 Å². The zero-order valence-electron chi connectivity index (χ0n) is 17.2. The lowest BCUT2D eigenvalue weighted by Crippen LogP contribution is -2.43. The van der Waals surface area contributed by atoms with E-state index < -0.39 is 0 Å². The van der Waals surface area contributed by atoms with Gasteiger partial charge in [0, 0.05) is 26.1 Å². The van der Waals surface area contributed by atoms with Gasteiger partial charge in [-0.3, -0.25) is 9.69 Å². The van der Waals surface area contributed by atoms with Crippen LogP contribution in [0.5, 0.6) is 0 Å². The van der Waals surface area contributed by atoms with Crippen LogP contribution >= 0.6 is 0 Å². The van der Waals surface area contributed by atoms with Crippen LogP contribution in [0.25, 0.3) is 0 Å². The van der Waals surface area contributed by atoms with Gasteiger partial charge in [0.05, 0.1) is 19.3 Å². The van der Waals surface area contributed by atoms with Gasteiger partial charge in [0.2, 0.25) is 5.91 Å². The van der Waals surface area contributed by atoms with Crippen LogP contribution in [0.3, 0.4) is 0 Å². The number of halogens is 1. The van der Waals surface area contributed by atoms with Crippen molar-refractivity contribution in [3.8, 4) is 0 Å². The fourth-order valence-electron chi connectivity index (χ4n) is 3.79. The summed E-state index contributed by atoms with van der Waals surface area (Å²) in [5.74, 6) is -0.119. The first-order valence-corrected chi connectivity index (χ1v) is 10.5. The molecule has 156 valence electrons. The van der Waals surface area contributed by atoms with Gasteiger partial charge >= 0.3 is 0 Å². The molecular weight excluding hydrogens is 367 g/mol. The zero-order chi connectivity index (χ0) is 20.5. The maximum atomic E-state index is 12.9. The highest BCUT2D eigenvalue weighted by Gasteiger charge is 2.23. The van der Waals surface area contributed by atoms with Crippen molar-refractivity contribution in [3.05, 3.63) is 71.0 Å². The largest absolute Gasteiger partial charge is 0.379 e. The van der Waals surface area contributed by atoms with E-state index in [0.29, 0.717) is 13.0 Å². The van der Waals surface area contributed by atoms with Gasteiger partial charge < -0.3 is 10.1 Å². The Morgan fingerprint density at radius 3 is 2.62 bits per heavy atom. The van der Waals surface area contributed by atoms with E-state index in [-0.39, 0.29) is 17.8 Å². The number of nitrogens with zero attached hydrogens (tertiary/aromatic N) is 1. The third-order valence-corrected chi connectivity index (χ3v) is 5.44. The van der Waals surface area contributed by atoms with E-state index in [4.69, 9.17) is 4.74 Å². The molecule has 0 spiro atoms. The van der Waals surface area contributed by atoms with Crippen LogP contribution in [0.1, 0.15) is 42.0 Å². The summed E-state index contributed by atoms with van der Waals surface area (Å²) in [7, 11) is 0. The van der Waals surface area contributed by atoms with Crippen molar-refractivity contribution in [2.24, 2.45) is 0 Å². The minimum absolute atomic E-state index is 0.0926. The van der Waals surface area contributed by atoms with Crippen LogP contribution in [0.2, 0.25) is 0 Å². The molecule has 29 heavy (non-hydrogen) atoms. The number of hydrogen-bond acceptors (Lipinski definition) is 3. The van der Waals surface area contributed by atoms with Crippen LogP contribution in [0.4, 0.5) is 4.39 Å². The molecule has 1 aliphatic heterocycles. The average Bonchev–Trinajstić information content (AvgIpc) is 2.73. The quantitative estimate of drug-likeness (QED) is 0.649. The highest BCUT2D eigenvalue weighted by atomic mass is 19.1. The van der Waals surface area contributed by atoms with Crippen molar-refractivity contribution in [2.45, 2.75) is 38.6 Å². The molecule has 1 N–H and O–H groups in total. The second kappa shape index (κ2) is 11.1. The zero-order valence-corrected chi connectivity index (χ0v) is 17.2. The molecule has 1 fully saturated rings. The van der Waals surface area contributed by atoms with Crippen molar-refractivity contribution in [3.63, 3.8) is 0 Å². The van der Waals surface area contributed by atoms with Gasteiger partial charge in [0.25, 0.3) is 0 Å². The predicted molar refractivity (Wildman–Crippen MR) is 113 cm³/mol. The first-order chi connectivity index (χ1) is 14.1. The molecule has 1 amide bonds. The molecule has 0 aliphatic carbocycles. The Morgan fingerprint density at radius 2 is 1.90 bits per heavy atom. The van der Waals surface area contributed by atoms with E-state index in [0.717, 1.165) is 51.1 Å². The molecule has 1 atom stereocenters. The summed E-state index contributed by atoms with van der Waals surface area (Å²) in [5.41, 5.74) is 3.58. The molecule has 1 unspecified atom stereocenters. The van der Waals surface area contributed by atoms with Gasteiger partial charge in [-0.25, -0.2) is 4.39 Å². The van der Waals surface area contributed by atoms with Gasteiger partial charge in [-0.1, -0.05) is 42.0 Å². The van der Waals surface area contributed by atoms with Crippen molar-refractivity contribution < 1.29 is 13.9 Å². The predicted octanol–water partition coefficient (Wildman–Crippen LogP) is 4.04. The van der Waals surface area contributed by atoms with Crippen LogP contribution in [-0.4, -0.2) is 43.7 Å². The summed E-state index contributed by atoms with van der Waals surface area (Å²) >= 11 is 0. The van der Waals surface area contributed by atoms with Gasteiger partial charge in [-0.2, -0.15) is 0 Å². The van der Waals surface area contributed by atoms with Crippen LogP contribution in [-0.2, 0) is 16.0 Å². The van der Waals surface area contributed by atoms with Crippen LogP contribution in [0.15, 0.2) is 48.5 Å². The summed E-state index contributed by atoms with van der Waals surface area (Å²) < 4.78 is 18.4. The Labute approximate surface area is 173 Å². The summed E-state index contributed by atoms with van der Waals surface area (Å²) in [5, 5.41) is 3.13. The minimum atomic E-state index is -0.212. The number of ether oxygens (including phenoxy) is 1. The van der Waals surface area contributed by atoms with Gasteiger partial charge in [0.15, 0.2) is 0 Å². The molecule has 1 heterocycles. The smallest absolute Gasteiger partial charge is 0.220 e. The SMILES string of the molecule is Cc1cccc(C(CNC(=O)CCCCc2ccc(F)cc2)N2CCOCC2)c1. The number of nitrogens with one attached hydrogen (secondary N) is 1. The number of carbonyl (C=O) groups is 1. The lowest BCUT2D eigenvalue weighted by Gasteiger charge is -2.35. The molecule has 0 radical (unpaired) electrons. The highest BCUT2D eigenvalue weighted by Crippen LogP contribution is 2.22. The summed E-state index contributed by atoms with van der Waals surface area (Å²) in [4.78, 5) is 14.8. The Bertz CT molecular complexity index is 773. The molecule has 0 saturated carbocycles. The Morgan fingerprint density at radius 1 is 1.14 bits per heavy atom. The number of benzene rings is 2.